The molecule has 0 fully saturated rings. The second-order valence-electron chi connectivity index (χ2n) is 2.67. The second kappa shape index (κ2) is 3.71. The molecule has 0 saturated carbocycles. The molecule has 0 atom stereocenters. The fourth-order valence-electron chi connectivity index (χ4n) is 1.01. The van der Waals surface area contributed by atoms with Gasteiger partial charge >= 0.3 is 0 Å². The molecule has 0 aliphatic heterocycles. The highest BCUT2D eigenvalue weighted by Gasteiger charge is 1.99. The zero-order chi connectivity index (χ0) is 9.97. The van der Waals surface area contributed by atoms with Crippen molar-refractivity contribution in [1.82, 2.24) is 15.2 Å². The highest BCUT2D eigenvalue weighted by atomic mass is 79.9. The zero-order valence-electron chi connectivity index (χ0n) is 7.07. The van der Waals surface area contributed by atoms with Gasteiger partial charge in [0.05, 0.1) is 5.69 Å². The Hall–Kier alpha value is -1.49. The number of rotatable bonds is 1. The molecule has 0 aliphatic rings. The summed E-state index contributed by atoms with van der Waals surface area (Å²) in [7, 11) is 0. The van der Waals surface area contributed by atoms with E-state index in [1.54, 1.807) is 12.3 Å². The van der Waals surface area contributed by atoms with Crippen molar-refractivity contribution in [3.8, 4) is 11.4 Å². The van der Waals surface area contributed by atoms with Gasteiger partial charge < -0.3 is 0 Å². The Balaban J connectivity index is 2.44. The summed E-state index contributed by atoms with van der Waals surface area (Å²) in [5.41, 5.74) is 1.16. The van der Waals surface area contributed by atoms with Crippen LogP contribution < -0.4 is 5.56 Å². The van der Waals surface area contributed by atoms with E-state index in [-0.39, 0.29) is 5.56 Å². The molecule has 4 nitrogen and oxygen atoms in total. The minimum absolute atomic E-state index is 0.217. The molecule has 5 heteroatoms. The van der Waals surface area contributed by atoms with Gasteiger partial charge in [-0.2, -0.15) is 5.10 Å². The third-order valence-corrected chi connectivity index (χ3v) is 2.14. The van der Waals surface area contributed by atoms with Crippen LogP contribution in [0.15, 0.2) is 39.7 Å². The number of aromatic nitrogens is 3. The Morgan fingerprint density at radius 2 is 1.93 bits per heavy atom. The molecule has 2 heterocycles. The van der Waals surface area contributed by atoms with E-state index in [0.29, 0.717) is 5.69 Å². The molecular formula is C9H6BrN3O. The van der Waals surface area contributed by atoms with E-state index < -0.39 is 0 Å². The Morgan fingerprint density at radius 3 is 2.50 bits per heavy atom. The van der Waals surface area contributed by atoms with Crippen LogP contribution in [0.4, 0.5) is 0 Å². The minimum Gasteiger partial charge on any atom is -0.268 e. The van der Waals surface area contributed by atoms with Crippen molar-refractivity contribution in [3.63, 3.8) is 0 Å². The standard InChI is InChI=1S/C9H6BrN3O/c10-6-1-2-7(11-5-6)8-3-4-9(14)13-12-8/h1-5H,(H,13,14). The number of aromatic amines is 1. The summed E-state index contributed by atoms with van der Waals surface area (Å²) in [4.78, 5) is 14.9. The van der Waals surface area contributed by atoms with E-state index >= 15 is 0 Å². The minimum atomic E-state index is -0.217. The maximum Gasteiger partial charge on any atom is 0.264 e. The fourth-order valence-corrected chi connectivity index (χ4v) is 1.25. The quantitative estimate of drug-likeness (QED) is 0.838. The van der Waals surface area contributed by atoms with Gasteiger partial charge in [-0.25, -0.2) is 5.10 Å². The number of hydrogen-bond acceptors (Lipinski definition) is 3. The van der Waals surface area contributed by atoms with Gasteiger partial charge in [0.25, 0.3) is 5.56 Å². The summed E-state index contributed by atoms with van der Waals surface area (Å²) in [6.07, 6.45) is 1.68. The fraction of sp³-hybridized carbons (Fsp3) is 0. The molecule has 2 aromatic rings. The van der Waals surface area contributed by atoms with E-state index in [1.807, 2.05) is 12.1 Å². The van der Waals surface area contributed by atoms with Crippen LogP contribution in [0.2, 0.25) is 0 Å². The van der Waals surface area contributed by atoms with E-state index in [1.165, 1.54) is 6.07 Å². The largest absolute Gasteiger partial charge is 0.268 e. The molecular weight excluding hydrogens is 246 g/mol. The van der Waals surface area contributed by atoms with Crippen molar-refractivity contribution < 1.29 is 0 Å². The molecule has 2 rings (SSSR count). The summed E-state index contributed by atoms with van der Waals surface area (Å²) in [6.45, 7) is 0. The number of halogens is 1. The first-order valence-electron chi connectivity index (χ1n) is 3.93. The Morgan fingerprint density at radius 1 is 1.14 bits per heavy atom. The summed E-state index contributed by atoms with van der Waals surface area (Å²) >= 11 is 3.29. The predicted molar refractivity (Wildman–Crippen MR) is 55.8 cm³/mol. The van der Waals surface area contributed by atoms with Gasteiger partial charge in [-0.3, -0.25) is 9.78 Å². The van der Waals surface area contributed by atoms with Crippen molar-refractivity contribution in [2.24, 2.45) is 0 Å². The van der Waals surface area contributed by atoms with Crippen molar-refractivity contribution in [2.75, 3.05) is 0 Å². The van der Waals surface area contributed by atoms with Crippen LogP contribution >= 0.6 is 15.9 Å². The van der Waals surface area contributed by atoms with Crippen molar-refractivity contribution in [3.05, 3.63) is 45.3 Å². The molecule has 0 amide bonds. The lowest BCUT2D eigenvalue weighted by atomic mass is 10.2. The van der Waals surface area contributed by atoms with Gasteiger partial charge in [0.1, 0.15) is 5.69 Å². The molecule has 0 aromatic carbocycles. The average molecular weight is 252 g/mol. The number of hydrogen-bond donors (Lipinski definition) is 1. The molecule has 0 unspecified atom stereocenters. The monoisotopic (exact) mass is 251 g/mol. The van der Waals surface area contributed by atoms with Crippen LogP contribution in [-0.4, -0.2) is 15.2 Å². The van der Waals surface area contributed by atoms with Crippen LogP contribution in [0.1, 0.15) is 0 Å². The first-order valence-corrected chi connectivity index (χ1v) is 4.73. The molecule has 0 saturated heterocycles. The Labute approximate surface area is 88.1 Å². The summed E-state index contributed by atoms with van der Waals surface area (Å²) in [5.74, 6) is 0. The van der Waals surface area contributed by atoms with Gasteiger partial charge in [0.2, 0.25) is 0 Å². The molecule has 0 radical (unpaired) electrons. The topological polar surface area (TPSA) is 58.6 Å². The normalized spacial score (nSPS) is 10.1. The third kappa shape index (κ3) is 1.88. The lowest BCUT2D eigenvalue weighted by molar-refractivity contribution is 0.988. The predicted octanol–water partition coefficient (Wildman–Crippen LogP) is 1.59. The van der Waals surface area contributed by atoms with E-state index in [2.05, 4.69) is 31.1 Å². The number of nitrogens with zero attached hydrogens (tertiary/aromatic N) is 2. The summed E-state index contributed by atoms with van der Waals surface area (Å²) < 4.78 is 0.908. The van der Waals surface area contributed by atoms with Crippen molar-refractivity contribution >= 4 is 15.9 Å². The van der Waals surface area contributed by atoms with Crippen LogP contribution in [0.25, 0.3) is 11.4 Å². The second-order valence-corrected chi connectivity index (χ2v) is 3.58. The Kier molecular flexibility index (Phi) is 2.41. The highest BCUT2D eigenvalue weighted by molar-refractivity contribution is 9.10. The van der Waals surface area contributed by atoms with Gasteiger partial charge in [-0.15, -0.1) is 0 Å². The Bertz CT molecular complexity index is 472. The molecule has 2 aromatic heterocycles. The first-order chi connectivity index (χ1) is 6.75. The highest BCUT2D eigenvalue weighted by Crippen LogP contribution is 2.14. The van der Waals surface area contributed by atoms with Crippen LogP contribution in [0.5, 0.6) is 0 Å². The van der Waals surface area contributed by atoms with Crippen LogP contribution in [0.3, 0.4) is 0 Å². The molecule has 0 bridgehead atoms. The van der Waals surface area contributed by atoms with Crippen LogP contribution in [0, 0.1) is 0 Å². The molecule has 0 spiro atoms. The average Bonchev–Trinajstić information content (AvgIpc) is 2.21. The zero-order valence-corrected chi connectivity index (χ0v) is 8.65. The third-order valence-electron chi connectivity index (χ3n) is 1.67. The van der Waals surface area contributed by atoms with E-state index in [9.17, 15) is 4.79 Å². The van der Waals surface area contributed by atoms with E-state index in [4.69, 9.17) is 0 Å². The summed E-state index contributed by atoms with van der Waals surface area (Å²) in [6, 6.07) is 6.75. The van der Waals surface area contributed by atoms with Crippen LogP contribution in [-0.2, 0) is 0 Å². The smallest absolute Gasteiger partial charge is 0.264 e. The first kappa shape index (κ1) is 9.08. The van der Waals surface area contributed by atoms with Gasteiger partial charge in [-0.05, 0) is 34.1 Å². The molecule has 1 N–H and O–H groups in total. The lowest BCUT2D eigenvalue weighted by Crippen LogP contribution is -2.05. The molecule has 14 heavy (non-hydrogen) atoms. The van der Waals surface area contributed by atoms with Crippen molar-refractivity contribution in [2.45, 2.75) is 0 Å². The maximum atomic E-state index is 10.8. The number of H-pyrrole nitrogens is 1. The van der Waals surface area contributed by atoms with Gasteiger partial charge in [-0.1, -0.05) is 0 Å². The number of pyridine rings is 1. The summed E-state index contributed by atoms with van der Waals surface area (Å²) in [5, 5.41) is 6.22. The maximum absolute atomic E-state index is 10.8. The van der Waals surface area contributed by atoms with Gasteiger partial charge in [0.15, 0.2) is 0 Å². The van der Waals surface area contributed by atoms with Gasteiger partial charge in [0, 0.05) is 16.7 Å². The van der Waals surface area contributed by atoms with Crippen molar-refractivity contribution in [1.29, 1.82) is 0 Å². The molecule has 70 valence electrons. The van der Waals surface area contributed by atoms with E-state index in [0.717, 1.165) is 10.2 Å². The lowest BCUT2D eigenvalue weighted by Gasteiger charge is -1.97. The molecule has 0 aliphatic carbocycles. The SMILES string of the molecule is O=c1ccc(-c2ccc(Br)cn2)n[nH]1. The number of nitrogens with one attached hydrogen (secondary N) is 1.